The van der Waals surface area contributed by atoms with Gasteiger partial charge < -0.3 is 9.15 Å². The summed E-state index contributed by atoms with van der Waals surface area (Å²) in [6.45, 7) is 3.72. The second kappa shape index (κ2) is 5.45. The Balaban J connectivity index is 1.79. The van der Waals surface area contributed by atoms with Crippen molar-refractivity contribution in [1.82, 2.24) is 9.97 Å². The first kappa shape index (κ1) is 14.4. The van der Waals surface area contributed by atoms with E-state index in [1.54, 1.807) is 6.07 Å². The first-order valence-electron chi connectivity index (χ1n) is 7.56. The van der Waals surface area contributed by atoms with Gasteiger partial charge in [0.1, 0.15) is 17.0 Å². The lowest BCUT2D eigenvalue weighted by Crippen LogP contribution is -1.98. The molecular weight excluding hydrogens is 304 g/mol. The molecule has 24 heavy (non-hydrogen) atoms. The monoisotopic (exact) mass is 318 g/mol. The summed E-state index contributed by atoms with van der Waals surface area (Å²) in [6.07, 6.45) is 0. The van der Waals surface area contributed by atoms with Crippen molar-refractivity contribution < 1.29 is 9.15 Å². The summed E-state index contributed by atoms with van der Waals surface area (Å²) in [4.78, 5) is 20.6. The molecule has 0 spiro atoms. The fraction of sp³-hybridized carbons (Fsp3) is 0.105. The Kier molecular flexibility index (Phi) is 3.27. The maximum absolute atomic E-state index is 11.5. The Hall–Kier alpha value is -3.21. The summed E-state index contributed by atoms with van der Waals surface area (Å²) in [5, 5.41) is 0.878. The zero-order valence-electron chi connectivity index (χ0n) is 13.2. The number of para-hydroxylation sites is 2. The van der Waals surface area contributed by atoms with E-state index in [9.17, 15) is 4.79 Å². The Bertz CT molecular complexity index is 1130. The van der Waals surface area contributed by atoms with Crippen molar-refractivity contribution in [3.05, 3.63) is 70.2 Å². The van der Waals surface area contributed by atoms with Gasteiger partial charge in [-0.05, 0) is 43.7 Å². The number of aryl methyl sites for hydroxylation is 2. The maximum atomic E-state index is 11.5. The predicted molar refractivity (Wildman–Crippen MR) is 91.6 cm³/mol. The van der Waals surface area contributed by atoms with Crippen molar-refractivity contribution in [2.45, 2.75) is 13.8 Å². The lowest BCUT2D eigenvalue weighted by atomic mass is 10.1. The van der Waals surface area contributed by atoms with Crippen LogP contribution in [0, 0.1) is 13.8 Å². The third-order valence-corrected chi connectivity index (χ3v) is 3.84. The van der Waals surface area contributed by atoms with Crippen molar-refractivity contribution in [1.29, 1.82) is 0 Å². The van der Waals surface area contributed by atoms with E-state index in [1.807, 2.05) is 50.2 Å². The van der Waals surface area contributed by atoms with Gasteiger partial charge in [0.05, 0.1) is 11.0 Å². The van der Waals surface area contributed by atoms with Gasteiger partial charge in [-0.2, -0.15) is 0 Å². The molecule has 0 fully saturated rings. The van der Waals surface area contributed by atoms with Crippen molar-refractivity contribution in [3.8, 4) is 11.6 Å². The first-order chi connectivity index (χ1) is 11.6. The summed E-state index contributed by atoms with van der Waals surface area (Å²) in [5.41, 5.74) is 3.26. The number of hydrogen-bond acceptors (Lipinski definition) is 5. The Morgan fingerprint density at radius 1 is 0.958 bits per heavy atom. The molecule has 2 aromatic carbocycles. The van der Waals surface area contributed by atoms with E-state index in [4.69, 9.17) is 9.15 Å². The number of nitrogens with zero attached hydrogens (tertiary/aromatic N) is 2. The summed E-state index contributed by atoms with van der Waals surface area (Å²) in [6, 6.07) is 14.5. The Morgan fingerprint density at radius 2 is 1.71 bits per heavy atom. The van der Waals surface area contributed by atoms with Crippen LogP contribution in [0.15, 0.2) is 57.7 Å². The number of rotatable bonds is 2. The molecule has 5 heteroatoms. The SMILES string of the molecule is Cc1nc2ccccc2nc1Oc1ccc2c(C)cc(=O)oc2c1. The van der Waals surface area contributed by atoms with Gasteiger partial charge in [0.2, 0.25) is 5.88 Å². The van der Waals surface area contributed by atoms with Gasteiger partial charge in [0.15, 0.2) is 0 Å². The van der Waals surface area contributed by atoms with Crippen molar-refractivity contribution in [2.75, 3.05) is 0 Å². The third-order valence-electron chi connectivity index (χ3n) is 3.84. The van der Waals surface area contributed by atoms with Gasteiger partial charge in [-0.25, -0.2) is 14.8 Å². The van der Waals surface area contributed by atoms with E-state index in [1.165, 1.54) is 6.07 Å². The van der Waals surface area contributed by atoms with E-state index in [0.717, 1.165) is 22.0 Å². The fourth-order valence-electron chi connectivity index (χ4n) is 2.65. The highest BCUT2D eigenvalue weighted by Crippen LogP contribution is 2.27. The molecule has 0 atom stereocenters. The highest BCUT2D eigenvalue weighted by Gasteiger charge is 2.09. The maximum Gasteiger partial charge on any atom is 0.336 e. The van der Waals surface area contributed by atoms with E-state index < -0.39 is 0 Å². The van der Waals surface area contributed by atoms with Crippen LogP contribution in [0.4, 0.5) is 0 Å². The Morgan fingerprint density at radius 3 is 2.50 bits per heavy atom. The molecule has 4 aromatic rings. The smallest absolute Gasteiger partial charge is 0.336 e. The van der Waals surface area contributed by atoms with E-state index in [-0.39, 0.29) is 5.63 Å². The quantitative estimate of drug-likeness (QED) is 0.520. The van der Waals surface area contributed by atoms with Gasteiger partial charge in [-0.3, -0.25) is 0 Å². The number of hydrogen-bond donors (Lipinski definition) is 0. The molecule has 0 bridgehead atoms. The van der Waals surface area contributed by atoms with Crippen LogP contribution in [0.3, 0.4) is 0 Å². The van der Waals surface area contributed by atoms with E-state index in [2.05, 4.69) is 9.97 Å². The molecule has 5 nitrogen and oxygen atoms in total. The molecule has 4 rings (SSSR count). The van der Waals surface area contributed by atoms with Crippen LogP contribution in [0.1, 0.15) is 11.3 Å². The summed E-state index contributed by atoms with van der Waals surface area (Å²) >= 11 is 0. The van der Waals surface area contributed by atoms with Gasteiger partial charge in [-0.15, -0.1) is 0 Å². The van der Waals surface area contributed by atoms with Crippen molar-refractivity contribution in [2.24, 2.45) is 0 Å². The standard InChI is InChI=1S/C19H14N2O3/c1-11-9-18(22)24-17-10-13(7-8-14(11)17)23-19-12(2)20-15-5-3-4-6-16(15)21-19/h3-10H,1-2H3. The van der Waals surface area contributed by atoms with Gasteiger partial charge in [-0.1, -0.05) is 12.1 Å². The molecule has 0 radical (unpaired) electrons. The average molecular weight is 318 g/mol. The predicted octanol–water partition coefficient (Wildman–Crippen LogP) is 4.15. The summed E-state index contributed by atoms with van der Waals surface area (Å²) < 4.78 is 11.1. The van der Waals surface area contributed by atoms with Crippen LogP contribution in [-0.2, 0) is 0 Å². The van der Waals surface area contributed by atoms with Gasteiger partial charge >= 0.3 is 5.63 Å². The van der Waals surface area contributed by atoms with Crippen LogP contribution < -0.4 is 10.4 Å². The molecule has 0 amide bonds. The second-order valence-corrected chi connectivity index (χ2v) is 5.61. The molecule has 0 N–H and O–H groups in total. The van der Waals surface area contributed by atoms with Crippen LogP contribution in [0.25, 0.3) is 22.0 Å². The fourth-order valence-corrected chi connectivity index (χ4v) is 2.65. The van der Waals surface area contributed by atoms with Crippen molar-refractivity contribution in [3.63, 3.8) is 0 Å². The molecule has 2 aromatic heterocycles. The Labute approximate surface area is 137 Å². The lowest BCUT2D eigenvalue weighted by molar-refractivity contribution is 0.456. The largest absolute Gasteiger partial charge is 0.437 e. The minimum absolute atomic E-state index is 0.376. The molecule has 0 aliphatic carbocycles. The molecular formula is C19H14N2O3. The normalized spacial score (nSPS) is 11.1. The molecule has 118 valence electrons. The molecule has 0 saturated heterocycles. The number of benzene rings is 2. The van der Waals surface area contributed by atoms with Crippen LogP contribution in [0.2, 0.25) is 0 Å². The number of aromatic nitrogens is 2. The minimum Gasteiger partial charge on any atom is -0.437 e. The molecule has 0 unspecified atom stereocenters. The lowest BCUT2D eigenvalue weighted by Gasteiger charge is -2.09. The topological polar surface area (TPSA) is 65.2 Å². The highest BCUT2D eigenvalue weighted by atomic mass is 16.5. The van der Waals surface area contributed by atoms with Crippen LogP contribution in [-0.4, -0.2) is 9.97 Å². The van der Waals surface area contributed by atoms with E-state index >= 15 is 0 Å². The number of ether oxygens (including phenoxy) is 1. The summed E-state index contributed by atoms with van der Waals surface area (Å²) in [5.74, 6) is 0.979. The van der Waals surface area contributed by atoms with Gasteiger partial charge in [0, 0.05) is 17.5 Å². The molecule has 0 aliphatic heterocycles. The van der Waals surface area contributed by atoms with E-state index in [0.29, 0.717) is 22.9 Å². The zero-order valence-corrected chi connectivity index (χ0v) is 13.2. The number of fused-ring (bicyclic) bond motifs is 2. The van der Waals surface area contributed by atoms with Crippen molar-refractivity contribution >= 4 is 22.0 Å². The molecule has 0 saturated carbocycles. The van der Waals surface area contributed by atoms with Gasteiger partial charge in [0.25, 0.3) is 0 Å². The second-order valence-electron chi connectivity index (χ2n) is 5.61. The highest BCUT2D eigenvalue weighted by molar-refractivity contribution is 5.81. The average Bonchev–Trinajstić information content (AvgIpc) is 2.55. The third kappa shape index (κ3) is 2.50. The molecule has 0 aliphatic rings. The zero-order chi connectivity index (χ0) is 16.7. The van der Waals surface area contributed by atoms with Crippen LogP contribution in [0.5, 0.6) is 11.6 Å². The van der Waals surface area contributed by atoms with Crippen LogP contribution >= 0.6 is 0 Å². The minimum atomic E-state index is -0.376. The first-order valence-corrected chi connectivity index (χ1v) is 7.56. The summed E-state index contributed by atoms with van der Waals surface area (Å²) in [7, 11) is 0. The molecule has 2 heterocycles.